The molecule has 1 aliphatic rings. The van der Waals surface area contributed by atoms with Gasteiger partial charge in [0, 0.05) is 13.1 Å². The summed E-state index contributed by atoms with van der Waals surface area (Å²) in [6.07, 6.45) is 0. The van der Waals surface area contributed by atoms with Crippen LogP contribution in [-0.2, 0) is 13.1 Å². The first kappa shape index (κ1) is 14.5. The Balaban J connectivity index is 1.69. The molecule has 0 radical (unpaired) electrons. The van der Waals surface area contributed by atoms with Crippen molar-refractivity contribution < 1.29 is 4.79 Å². The van der Waals surface area contributed by atoms with Gasteiger partial charge >= 0.3 is 6.03 Å². The SMILES string of the molecule is O=C(N1Cc2ccccc2C1)N(c1ccccc1)c1ccccc1. The van der Waals surface area contributed by atoms with E-state index in [1.54, 1.807) is 4.90 Å². The summed E-state index contributed by atoms with van der Waals surface area (Å²) in [5.41, 5.74) is 4.22. The van der Waals surface area contributed by atoms with Crippen LogP contribution in [0.3, 0.4) is 0 Å². The summed E-state index contributed by atoms with van der Waals surface area (Å²) in [5.74, 6) is 0. The molecule has 0 fully saturated rings. The molecule has 4 rings (SSSR count). The summed E-state index contributed by atoms with van der Waals surface area (Å²) in [7, 11) is 0. The van der Waals surface area contributed by atoms with E-state index in [0.29, 0.717) is 13.1 Å². The molecule has 2 amide bonds. The third-order valence-electron chi connectivity index (χ3n) is 4.33. The number of carbonyl (C=O) groups is 1. The van der Waals surface area contributed by atoms with E-state index in [9.17, 15) is 4.79 Å². The van der Waals surface area contributed by atoms with Crippen LogP contribution < -0.4 is 4.90 Å². The van der Waals surface area contributed by atoms with Gasteiger partial charge in [0.1, 0.15) is 0 Å². The van der Waals surface area contributed by atoms with Crippen molar-refractivity contribution in [2.24, 2.45) is 0 Å². The maximum atomic E-state index is 13.3. The standard InChI is InChI=1S/C21H18N2O/c24-21(22-15-17-9-7-8-10-18(17)16-22)23(19-11-3-1-4-12-19)20-13-5-2-6-14-20/h1-14H,15-16H2. The maximum Gasteiger partial charge on any atom is 0.329 e. The second kappa shape index (κ2) is 6.20. The molecular formula is C21H18N2O. The van der Waals surface area contributed by atoms with Gasteiger partial charge in [-0.2, -0.15) is 0 Å². The average molecular weight is 314 g/mol. The molecule has 0 saturated heterocycles. The van der Waals surface area contributed by atoms with E-state index in [1.807, 2.05) is 77.7 Å². The van der Waals surface area contributed by atoms with Crippen LogP contribution in [0.5, 0.6) is 0 Å². The van der Waals surface area contributed by atoms with Crippen LogP contribution in [0.4, 0.5) is 16.2 Å². The predicted octanol–water partition coefficient (Wildman–Crippen LogP) is 4.96. The van der Waals surface area contributed by atoms with Gasteiger partial charge in [0.15, 0.2) is 0 Å². The predicted molar refractivity (Wildman–Crippen MR) is 96.1 cm³/mol. The van der Waals surface area contributed by atoms with Gasteiger partial charge in [0.2, 0.25) is 0 Å². The minimum absolute atomic E-state index is 0.00333. The average Bonchev–Trinajstić information content (AvgIpc) is 3.08. The van der Waals surface area contributed by atoms with Gasteiger partial charge in [-0.25, -0.2) is 4.79 Å². The minimum Gasteiger partial charge on any atom is -0.315 e. The lowest BCUT2D eigenvalue weighted by Crippen LogP contribution is -2.37. The Kier molecular flexibility index (Phi) is 3.75. The normalized spacial score (nSPS) is 12.8. The van der Waals surface area contributed by atoms with E-state index in [-0.39, 0.29) is 6.03 Å². The molecule has 0 bridgehead atoms. The van der Waals surface area contributed by atoms with Gasteiger partial charge in [-0.05, 0) is 35.4 Å². The van der Waals surface area contributed by atoms with Gasteiger partial charge in [-0.15, -0.1) is 0 Å². The van der Waals surface area contributed by atoms with Gasteiger partial charge in [0.05, 0.1) is 11.4 Å². The fourth-order valence-corrected chi connectivity index (χ4v) is 3.13. The lowest BCUT2D eigenvalue weighted by Gasteiger charge is -2.28. The number of carbonyl (C=O) groups excluding carboxylic acids is 1. The smallest absolute Gasteiger partial charge is 0.315 e. The highest BCUT2D eigenvalue weighted by Gasteiger charge is 2.28. The molecule has 1 aliphatic heterocycles. The van der Waals surface area contributed by atoms with Crippen LogP contribution in [0.15, 0.2) is 84.9 Å². The quantitative estimate of drug-likeness (QED) is 0.656. The van der Waals surface area contributed by atoms with Crippen molar-refractivity contribution in [1.29, 1.82) is 0 Å². The van der Waals surface area contributed by atoms with Crippen molar-refractivity contribution in [1.82, 2.24) is 4.90 Å². The van der Waals surface area contributed by atoms with Crippen LogP contribution in [0.25, 0.3) is 0 Å². The highest BCUT2D eigenvalue weighted by Crippen LogP contribution is 2.30. The third kappa shape index (κ3) is 2.65. The second-order valence-corrected chi connectivity index (χ2v) is 5.91. The Hall–Kier alpha value is -3.07. The molecule has 118 valence electrons. The Morgan fingerprint density at radius 1 is 0.667 bits per heavy atom. The van der Waals surface area contributed by atoms with Crippen LogP contribution in [0.2, 0.25) is 0 Å². The van der Waals surface area contributed by atoms with Gasteiger partial charge in [0.25, 0.3) is 0 Å². The van der Waals surface area contributed by atoms with E-state index in [0.717, 1.165) is 11.4 Å². The number of hydrogen-bond donors (Lipinski definition) is 0. The van der Waals surface area contributed by atoms with Crippen molar-refractivity contribution in [3.8, 4) is 0 Å². The van der Waals surface area contributed by atoms with E-state index in [2.05, 4.69) is 12.1 Å². The van der Waals surface area contributed by atoms with Gasteiger partial charge < -0.3 is 4.90 Å². The lowest BCUT2D eigenvalue weighted by atomic mass is 10.1. The topological polar surface area (TPSA) is 23.6 Å². The van der Waals surface area contributed by atoms with Gasteiger partial charge in [-0.3, -0.25) is 4.90 Å². The van der Waals surface area contributed by atoms with Crippen LogP contribution in [0.1, 0.15) is 11.1 Å². The fourth-order valence-electron chi connectivity index (χ4n) is 3.13. The molecule has 3 nitrogen and oxygen atoms in total. The van der Waals surface area contributed by atoms with Crippen LogP contribution in [-0.4, -0.2) is 10.9 Å². The number of amides is 2. The number of para-hydroxylation sites is 2. The monoisotopic (exact) mass is 314 g/mol. The Labute approximate surface area is 141 Å². The van der Waals surface area contributed by atoms with Crippen LogP contribution >= 0.6 is 0 Å². The number of nitrogens with zero attached hydrogens (tertiary/aromatic N) is 2. The Morgan fingerprint density at radius 2 is 1.08 bits per heavy atom. The molecule has 0 saturated carbocycles. The van der Waals surface area contributed by atoms with E-state index >= 15 is 0 Å². The largest absolute Gasteiger partial charge is 0.329 e. The van der Waals surface area contributed by atoms with E-state index in [1.165, 1.54) is 11.1 Å². The fraction of sp³-hybridized carbons (Fsp3) is 0.0952. The van der Waals surface area contributed by atoms with Gasteiger partial charge in [-0.1, -0.05) is 60.7 Å². The molecule has 0 N–H and O–H groups in total. The highest BCUT2D eigenvalue weighted by atomic mass is 16.2. The molecule has 3 heteroatoms. The molecule has 1 heterocycles. The van der Waals surface area contributed by atoms with Crippen molar-refractivity contribution in [3.63, 3.8) is 0 Å². The number of benzene rings is 3. The van der Waals surface area contributed by atoms with Crippen molar-refractivity contribution >= 4 is 17.4 Å². The second-order valence-electron chi connectivity index (χ2n) is 5.91. The number of rotatable bonds is 2. The zero-order valence-electron chi connectivity index (χ0n) is 13.3. The number of urea groups is 1. The number of anilines is 2. The highest BCUT2D eigenvalue weighted by molar-refractivity contribution is 5.99. The van der Waals surface area contributed by atoms with Crippen molar-refractivity contribution in [3.05, 3.63) is 96.1 Å². The number of fused-ring (bicyclic) bond motifs is 1. The lowest BCUT2D eigenvalue weighted by molar-refractivity contribution is 0.208. The van der Waals surface area contributed by atoms with E-state index < -0.39 is 0 Å². The summed E-state index contributed by atoms with van der Waals surface area (Å²) in [5, 5.41) is 0. The first-order chi connectivity index (χ1) is 11.8. The molecule has 24 heavy (non-hydrogen) atoms. The third-order valence-corrected chi connectivity index (χ3v) is 4.33. The molecule has 0 aliphatic carbocycles. The molecular weight excluding hydrogens is 296 g/mol. The minimum atomic E-state index is 0.00333. The Bertz CT molecular complexity index is 781. The van der Waals surface area contributed by atoms with E-state index in [4.69, 9.17) is 0 Å². The zero-order chi connectivity index (χ0) is 16.4. The van der Waals surface area contributed by atoms with Crippen molar-refractivity contribution in [2.75, 3.05) is 4.90 Å². The zero-order valence-corrected chi connectivity index (χ0v) is 13.3. The first-order valence-electron chi connectivity index (χ1n) is 8.09. The summed E-state index contributed by atoms with van der Waals surface area (Å²) in [4.78, 5) is 16.9. The molecule has 3 aromatic rings. The summed E-state index contributed by atoms with van der Waals surface area (Å²) in [6, 6.07) is 27.9. The summed E-state index contributed by atoms with van der Waals surface area (Å²) < 4.78 is 0. The molecule has 0 unspecified atom stereocenters. The summed E-state index contributed by atoms with van der Waals surface area (Å²) in [6.45, 7) is 1.32. The molecule has 0 aromatic heterocycles. The van der Waals surface area contributed by atoms with Crippen molar-refractivity contribution in [2.45, 2.75) is 13.1 Å². The summed E-state index contributed by atoms with van der Waals surface area (Å²) >= 11 is 0. The molecule has 0 atom stereocenters. The first-order valence-corrected chi connectivity index (χ1v) is 8.09. The molecule has 0 spiro atoms. The van der Waals surface area contributed by atoms with Crippen LogP contribution in [0, 0.1) is 0 Å². The Morgan fingerprint density at radius 3 is 1.54 bits per heavy atom. The molecule has 3 aromatic carbocycles. The number of hydrogen-bond acceptors (Lipinski definition) is 1. The maximum absolute atomic E-state index is 13.3.